The number of sulfonamides is 1. The molecule has 3 aromatic carbocycles. The molecule has 4 rings (SSSR count). The second kappa shape index (κ2) is 7.28. The standard InChI is InChI=1S/C21H17N4O2S/c1-15-11-13-17(14-12-15)28(26,27)25-21-20(22-16-7-3-2-4-8-16)23-18-9-5-6-10-19(18)24-21/h3-14H,1H3,(H,22,23)(H,24,25). The first kappa shape index (κ1) is 17.9. The van der Waals surface area contributed by atoms with Gasteiger partial charge in [0.1, 0.15) is 0 Å². The van der Waals surface area contributed by atoms with Crippen molar-refractivity contribution in [2.75, 3.05) is 10.0 Å². The predicted octanol–water partition coefficient (Wildman–Crippen LogP) is 4.28. The van der Waals surface area contributed by atoms with Gasteiger partial charge in [0, 0.05) is 5.69 Å². The highest BCUT2D eigenvalue weighted by molar-refractivity contribution is 7.92. The highest BCUT2D eigenvalue weighted by Gasteiger charge is 2.19. The van der Waals surface area contributed by atoms with E-state index in [2.05, 4.69) is 26.1 Å². The van der Waals surface area contributed by atoms with Crippen molar-refractivity contribution in [1.82, 2.24) is 9.97 Å². The van der Waals surface area contributed by atoms with Crippen LogP contribution in [-0.2, 0) is 10.0 Å². The van der Waals surface area contributed by atoms with E-state index in [9.17, 15) is 8.42 Å². The highest BCUT2D eigenvalue weighted by Crippen LogP contribution is 2.27. The average Bonchev–Trinajstić information content (AvgIpc) is 2.69. The Labute approximate surface area is 163 Å². The van der Waals surface area contributed by atoms with Gasteiger partial charge in [0.05, 0.1) is 15.9 Å². The number of fused-ring (bicyclic) bond motifs is 1. The number of aromatic nitrogens is 2. The third-order valence-electron chi connectivity index (χ3n) is 4.11. The van der Waals surface area contributed by atoms with E-state index in [0.717, 1.165) is 11.3 Å². The molecule has 7 heteroatoms. The molecular formula is C21H17N4O2S. The van der Waals surface area contributed by atoms with Crippen LogP contribution >= 0.6 is 0 Å². The SMILES string of the molecule is Cc1ccc(S(=O)(=O)Nc2nc3ccccc3nc2Nc2cc[c]cc2)cc1. The summed E-state index contributed by atoms with van der Waals surface area (Å²) in [4.78, 5) is 9.19. The number of hydrogen-bond donors (Lipinski definition) is 2. The normalized spacial score (nSPS) is 11.3. The first-order valence-corrected chi connectivity index (χ1v) is 10.1. The first-order valence-electron chi connectivity index (χ1n) is 8.61. The molecular weight excluding hydrogens is 372 g/mol. The molecule has 0 atom stereocenters. The van der Waals surface area contributed by atoms with E-state index in [4.69, 9.17) is 0 Å². The van der Waals surface area contributed by atoms with Crippen LogP contribution in [0, 0.1) is 13.0 Å². The summed E-state index contributed by atoms with van der Waals surface area (Å²) in [7, 11) is -3.81. The number of nitrogens with one attached hydrogen (secondary N) is 2. The molecule has 1 heterocycles. The fraction of sp³-hybridized carbons (Fsp3) is 0.0476. The predicted molar refractivity (Wildman–Crippen MR) is 110 cm³/mol. The molecule has 4 aromatic rings. The van der Waals surface area contributed by atoms with Crippen LogP contribution in [0.2, 0.25) is 0 Å². The van der Waals surface area contributed by atoms with Gasteiger partial charge in [-0.3, -0.25) is 4.72 Å². The lowest BCUT2D eigenvalue weighted by atomic mass is 10.2. The molecule has 1 radical (unpaired) electrons. The van der Waals surface area contributed by atoms with Gasteiger partial charge >= 0.3 is 0 Å². The molecule has 28 heavy (non-hydrogen) atoms. The minimum absolute atomic E-state index is 0.132. The summed E-state index contributed by atoms with van der Waals surface area (Å²) >= 11 is 0. The molecule has 0 aliphatic rings. The van der Waals surface area contributed by atoms with Gasteiger partial charge in [-0.05, 0) is 49.4 Å². The molecule has 0 aliphatic heterocycles. The van der Waals surface area contributed by atoms with Crippen LogP contribution in [0.5, 0.6) is 0 Å². The largest absolute Gasteiger partial charge is 0.337 e. The number of para-hydroxylation sites is 2. The molecule has 0 bridgehead atoms. The lowest BCUT2D eigenvalue weighted by molar-refractivity contribution is 0.601. The third-order valence-corrected chi connectivity index (χ3v) is 5.47. The molecule has 0 unspecified atom stereocenters. The van der Waals surface area contributed by atoms with E-state index >= 15 is 0 Å². The summed E-state index contributed by atoms with van der Waals surface area (Å²) in [5.41, 5.74) is 2.98. The number of rotatable bonds is 5. The van der Waals surface area contributed by atoms with Crippen molar-refractivity contribution in [3.05, 3.63) is 84.4 Å². The number of anilines is 3. The van der Waals surface area contributed by atoms with E-state index in [1.54, 1.807) is 42.5 Å². The van der Waals surface area contributed by atoms with Crippen LogP contribution in [0.4, 0.5) is 17.3 Å². The van der Waals surface area contributed by atoms with Gasteiger partial charge in [0.15, 0.2) is 11.6 Å². The second-order valence-corrected chi connectivity index (χ2v) is 7.92. The maximum absolute atomic E-state index is 12.8. The van der Waals surface area contributed by atoms with E-state index in [1.165, 1.54) is 0 Å². The van der Waals surface area contributed by atoms with E-state index < -0.39 is 10.0 Å². The van der Waals surface area contributed by atoms with Crippen molar-refractivity contribution in [2.45, 2.75) is 11.8 Å². The summed E-state index contributed by atoms with van der Waals surface area (Å²) in [5, 5.41) is 3.13. The Kier molecular flexibility index (Phi) is 4.67. The van der Waals surface area contributed by atoms with Crippen LogP contribution < -0.4 is 10.0 Å². The monoisotopic (exact) mass is 389 g/mol. The zero-order valence-corrected chi connectivity index (χ0v) is 15.9. The molecule has 0 spiro atoms. The molecule has 0 aliphatic carbocycles. The van der Waals surface area contributed by atoms with Crippen molar-refractivity contribution in [1.29, 1.82) is 0 Å². The highest BCUT2D eigenvalue weighted by atomic mass is 32.2. The van der Waals surface area contributed by atoms with Crippen LogP contribution in [0.3, 0.4) is 0 Å². The second-order valence-electron chi connectivity index (χ2n) is 6.24. The third kappa shape index (κ3) is 3.79. The molecule has 0 saturated heterocycles. The number of nitrogens with zero attached hydrogens (tertiary/aromatic N) is 2. The summed E-state index contributed by atoms with van der Waals surface area (Å²) < 4.78 is 28.2. The van der Waals surface area contributed by atoms with Crippen LogP contribution in [0.1, 0.15) is 5.56 Å². The Balaban J connectivity index is 1.77. The summed E-state index contributed by atoms with van der Waals surface area (Å²) in [6, 6.07) is 24.0. The Morgan fingerprint density at radius 3 is 2.07 bits per heavy atom. The topological polar surface area (TPSA) is 84.0 Å². The fourth-order valence-electron chi connectivity index (χ4n) is 2.67. The van der Waals surface area contributed by atoms with Crippen LogP contribution in [0.15, 0.2) is 77.7 Å². The quantitative estimate of drug-likeness (QED) is 0.532. The van der Waals surface area contributed by atoms with Gasteiger partial charge in [-0.1, -0.05) is 42.0 Å². The minimum atomic E-state index is -3.81. The van der Waals surface area contributed by atoms with Crippen molar-refractivity contribution < 1.29 is 8.42 Å². The Bertz CT molecular complexity index is 1220. The molecule has 0 amide bonds. The van der Waals surface area contributed by atoms with Crippen LogP contribution in [0.25, 0.3) is 11.0 Å². The van der Waals surface area contributed by atoms with E-state index in [1.807, 2.05) is 37.3 Å². The zero-order valence-electron chi connectivity index (χ0n) is 15.0. The van der Waals surface area contributed by atoms with Gasteiger partial charge < -0.3 is 5.32 Å². The molecule has 0 fully saturated rings. The maximum atomic E-state index is 12.8. The van der Waals surface area contributed by atoms with E-state index in [0.29, 0.717) is 16.9 Å². The number of benzene rings is 3. The Morgan fingerprint density at radius 1 is 0.821 bits per heavy atom. The minimum Gasteiger partial charge on any atom is -0.337 e. The summed E-state index contributed by atoms with van der Waals surface area (Å²) in [5.74, 6) is 0.452. The molecule has 0 saturated carbocycles. The average molecular weight is 389 g/mol. The van der Waals surface area contributed by atoms with Gasteiger partial charge in [0.25, 0.3) is 10.0 Å². The van der Waals surface area contributed by atoms with Gasteiger partial charge in [-0.2, -0.15) is 0 Å². The van der Waals surface area contributed by atoms with Crippen LogP contribution in [-0.4, -0.2) is 18.4 Å². The van der Waals surface area contributed by atoms with Crippen molar-refractivity contribution in [3.8, 4) is 0 Å². The summed E-state index contributed by atoms with van der Waals surface area (Å²) in [6.07, 6.45) is 0. The smallest absolute Gasteiger partial charge is 0.263 e. The van der Waals surface area contributed by atoms with Crippen molar-refractivity contribution >= 4 is 38.4 Å². The fourth-order valence-corrected chi connectivity index (χ4v) is 3.68. The number of hydrogen-bond acceptors (Lipinski definition) is 5. The van der Waals surface area contributed by atoms with Gasteiger partial charge in [-0.15, -0.1) is 0 Å². The van der Waals surface area contributed by atoms with Gasteiger partial charge in [0.2, 0.25) is 0 Å². The summed E-state index contributed by atoms with van der Waals surface area (Å²) in [6.45, 7) is 1.90. The lowest BCUT2D eigenvalue weighted by Gasteiger charge is -2.14. The zero-order chi connectivity index (χ0) is 19.6. The lowest BCUT2D eigenvalue weighted by Crippen LogP contribution is -2.16. The van der Waals surface area contributed by atoms with E-state index in [-0.39, 0.29) is 10.7 Å². The Morgan fingerprint density at radius 2 is 1.43 bits per heavy atom. The maximum Gasteiger partial charge on any atom is 0.263 e. The van der Waals surface area contributed by atoms with Crippen molar-refractivity contribution in [3.63, 3.8) is 0 Å². The number of aryl methyl sites for hydroxylation is 1. The first-order chi connectivity index (χ1) is 13.5. The Hall–Kier alpha value is -3.45. The van der Waals surface area contributed by atoms with Gasteiger partial charge in [-0.25, -0.2) is 18.4 Å². The van der Waals surface area contributed by atoms with Crippen molar-refractivity contribution in [2.24, 2.45) is 0 Å². The molecule has 139 valence electrons. The molecule has 2 N–H and O–H groups in total. The molecule has 6 nitrogen and oxygen atoms in total. The molecule has 1 aromatic heterocycles.